The number of piperidine rings is 1. The Morgan fingerprint density at radius 3 is 2.86 bits per heavy atom. The molecular weight excluding hydrogens is 368 g/mol. The number of aromatic nitrogens is 2. The van der Waals surface area contributed by atoms with Crippen LogP contribution in [-0.4, -0.2) is 35.9 Å². The molecule has 0 amide bonds. The summed E-state index contributed by atoms with van der Waals surface area (Å²) in [5.74, 6) is 1.84. The summed E-state index contributed by atoms with van der Waals surface area (Å²) in [6, 6.07) is 11.8. The molecule has 7 heteroatoms. The van der Waals surface area contributed by atoms with Crippen molar-refractivity contribution in [3.63, 3.8) is 0 Å². The van der Waals surface area contributed by atoms with Gasteiger partial charge in [0.05, 0.1) is 12.7 Å². The topological polar surface area (TPSA) is 81.3 Å². The monoisotopic (exact) mass is 394 g/mol. The number of aryl methyl sites for hydroxylation is 1. The normalized spacial score (nSPS) is 16.6. The number of ether oxygens (including phenoxy) is 1. The molecule has 29 heavy (non-hydrogen) atoms. The highest BCUT2D eigenvalue weighted by Crippen LogP contribution is 2.37. The van der Waals surface area contributed by atoms with Gasteiger partial charge in [0.1, 0.15) is 17.7 Å². The fourth-order valence-corrected chi connectivity index (χ4v) is 3.74. The van der Waals surface area contributed by atoms with Crippen molar-refractivity contribution in [2.45, 2.75) is 32.2 Å². The second-order valence-corrected chi connectivity index (χ2v) is 7.31. The molecule has 1 unspecified atom stereocenters. The molecule has 0 saturated carbocycles. The first-order valence-corrected chi connectivity index (χ1v) is 9.92. The van der Waals surface area contributed by atoms with Crippen LogP contribution in [-0.2, 0) is 6.54 Å². The Morgan fingerprint density at radius 1 is 1.38 bits per heavy atom. The van der Waals surface area contributed by atoms with Gasteiger partial charge in [0, 0.05) is 19.0 Å². The molecule has 2 N–H and O–H groups in total. The first-order valence-electron chi connectivity index (χ1n) is 9.92. The number of carbonyl (C=O) groups is 1. The number of furan rings is 1. The standard InChI is InChI=1S/C22H26N4O3/c1-15-11-18(14-29-15)22(27)26-21(24-12-16-7-4-3-5-8-16)20(28-2)19(25-26)17-9-6-10-23-13-17/h3-5,7-8,11,14,17,23-24H,6,9-10,12-13H2,1-2H3. The summed E-state index contributed by atoms with van der Waals surface area (Å²) < 4.78 is 12.5. The highest BCUT2D eigenvalue weighted by Gasteiger charge is 2.29. The van der Waals surface area contributed by atoms with E-state index < -0.39 is 0 Å². The van der Waals surface area contributed by atoms with Gasteiger partial charge in [-0.25, -0.2) is 0 Å². The molecule has 0 bridgehead atoms. The molecular formula is C22H26N4O3. The molecule has 0 spiro atoms. The van der Waals surface area contributed by atoms with Gasteiger partial charge in [-0.05, 0) is 37.9 Å². The molecule has 1 saturated heterocycles. The second kappa shape index (κ2) is 8.53. The molecule has 1 fully saturated rings. The van der Waals surface area contributed by atoms with Gasteiger partial charge in [0.25, 0.3) is 5.91 Å². The maximum atomic E-state index is 13.2. The van der Waals surface area contributed by atoms with E-state index in [0.29, 0.717) is 29.4 Å². The Bertz CT molecular complexity index is 971. The van der Waals surface area contributed by atoms with Crippen LogP contribution in [0.1, 0.15) is 46.1 Å². The van der Waals surface area contributed by atoms with Crippen molar-refractivity contribution in [3.05, 3.63) is 65.2 Å². The van der Waals surface area contributed by atoms with E-state index >= 15 is 0 Å². The third kappa shape index (κ3) is 4.05. The highest BCUT2D eigenvalue weighted by molar-refractivity contribution is 5.97. The lowest BCUT2D eigenvalue weighted by molar-refractivity contribution is 0.0946. The number of anilines is 1. The molecule has 1 aromatic carbocycles. The molecule has 3 aromatic rings. The van der Waals surface area contributed by atoms with Crippen LogP contribution in [0.5, 0.6) is 5.75 Å². The summed E-state index contributed by atoms with van der Waals surface area (Å²) >= 11 is 0. The number of benzene rings is 1. The SMILES string of the molecule is COc1c(C2CCCNC2)nn(C(=O)c2coc(C)c2)c1NCc1ccccc1. The maximum absolute atomic E-state index is 13.2. The number of rotatable bonds is 6. The molecule has 7 nitrogen and oxygen atoms in total. The predicted octanol–water partition coefficient (Wildman–Crippen LogP) is 3.56. The largest absolute Gasteiger partial charge is 0.491 e. The Hall–Kier alpha value is -3.06. The van der Waals surface area contributed by atoms with Crippen molar-refractivity contribution in [3.8, 4) is 5.75 Å². The molecule has 0 radical (unpaired) electrons. The van der Waals surface area contributed by atoms with E-state index in [1.807, 2.05) is 37.3 Å². The van der Waals surface area contributed by atoms with Crippen LogP contribution in [0.15, 0.2) is 47.1 Å². The van der Waals surface area contributed by atoms with Crippen molar-refractivity contribution in [2.24, 2.45) is 0 Å². The van der Waals surface area contributed by atoms with E-state index in [9.17, 15) is 4.79 Å². The lowest BCUT2D eigenvalue weighted by Gasteiger charge is -2.21. The summed E-state index contributed by atoms with van der Waals surface area (Å²) in [5, 5.41) is 11.5. The molecule has 1 aliphatic rings. The fraction of sp³-hybridized carbons (Fsp3) is 0.364. The van der Waals surface area contributed by atoms with Crippen LogP contribution in [0.3, 0.4) is 0 Å². The fourth-order valence-electron chi connectivity index (χ4n) is 3.74. The minimum Gasteiger partial charge on any atom is -0.491 e. The summed E-state index contributed by atoms with van der Waals surface area (Å²) in [6.07, 6.45) is 3.55. The Balaban J connectivity index is 1.72. The van der Waals surface area contributed by atoms with Crippen LogP contribution in [0.4, 0.5) is 5.82 Å². The van der Waals surface area contributed by atoms with Crippen molar-refractivity contribution >= 4 is 11.7 Å². The number of nitrogens with one attached hydrogen (secondary N) is 2. The van der Waals surface area contributed by atoms with E-state index in [1.54, 1.807) is 13.2 Å². The number of nitrogens with zero attached hydrogens (tertiary/aromatic N) is 2. The minimum atomic E-state index is -0.245. The average molecular weight is 394 g/mol. The zero-order valence-electron chi connectivity index (χ0n) is 16.8. The maximum Gasteiger partial charge on any atom is 0.283 e. The molecule has 152 valence electrons. The molecule has 0 aliphatic carbocycles. The highest BCUT2D eigenvalue weighted by atomic mass is 16.5. The van der Waals surface area contributed by atoms with Gasteiger partial charge in [-0.1, -0.05) is 30.3 Å². The van der Waals surface area contributed by atoms with Crippen LogP contribution in [0, 0.1) is 6.92 Å². The van der Waals surface area contributed by atoms with Crippen molar-refractivity contribution < 1.29 is 13.9 Å². The van der Waals surface area contributed by atoms with E-state index in [1.165, 1.54) is 10.9 Å². The third-order valence-electron chi connectivity index (χ3n) is 5.23. The molecule has 1 aliphatic heterocycles. The Kier molecular flexibility index (Phi) is 5.67. The van der Waals surface area contributed by atoms with Crippen LogP contribution >= 0.6 is 0 Å². The van der Waals surface area contributed by atoms with Gasteiger partial charge in [-0.2, -0.15) is 9.78 Å². The number of hydrogen-bond donors (Lipinski definition) is 2. The average Bonchev–Trinajstić information content (AvgIpc) is 3.36. The second-order valence-electron chi connectivity index (χ2n) is 7.31. The summed E-state index contributed by atoms with van der Waals surface area (Å²) in [5.41, 5.74) is 2.38. The van der Waals surface area contributed by atoms with Gasteiger partial charge in [-0.15, -0.1) is 0 Å². The first-order chi connectivity index (χ1) is 14.2. The Labute approximate surface area is 170 Å². The van der Waals surface area contributed by atoms with Crippen LogP contribution in [0.2, 0.25) is 0 Å². The van der Waals surface area contributed by atoms with E-state index in [2.05, 4.69) is 10.6 Å². The third-order valence-corrected chi connectivity index (χ3v) is 5.23. The first kappa shape index (κ1) is 19.3. The summed E-state index contributed by atoms with van der Waals surface area (Å²) in [4.78, 5) is 13.2. The number of carbonyl (C=O) groups excluding carboxylic acids is 1. The molecule has 2 aromatic heterocycles. The van der Waals surface area contributed by atoms with Gasteiger partial charge < -0.3 is 19.8 Å². The van der Waals surface area contributed by atoms with Crippen LogP contribution in [0.25, 0.3) is 0 Å². The van der Waals surface area contributed by atoms with Gasteiger partial charge in [0.15, 0.2) is 11.6 Å². The van der Waals surface area contributed by atoms with Crippen molar-refractivity contribution in [1.29, 1.82) is 0 Å². The lowest BCUT2D eigenvalue weighted by Crippen LogP contribution is -2.29. The predicted molar refractivity (Wildman–Crippen MR) is 111 cm³/mol. The zero-order valence-corrected chi connectivity index (χ0v) is 16.8. The molecule has 1 atom stereocenters. The molecule has 3 heterocycles. The van der Waals surface area contributed by atoms with E-state index in [4.69, 9.17) is 14.3 Å². The van der Waals surface area contributed by atoms with Crippen molar-refractivity contribution in [1.82, 2.24) is 15.1 Å². The number of hydrogen-bond acceptors (Lipinski definition) is 6. The smallest absolute Gasteiger partial charge is 0.283 e. The molecule has 4 rings (SSSR count). The van der Waals surface area contributed by atoms with E-state index in [-0.39, 0.29) is 11.8 Å². The summed E-state index contributed by atoms with van der Waals surface area (Å²) in [6.45, 7) is 4.20. The van der Waals surface area contributed by atoms with Crippen LogP contribution < -0.4 is 15.4 Å². The minimum absolute atomic E-state index is 0.205. The van der Waals surface area contributed by atoms with E-state index in [0.717, 1.165) is 37.2 Å². The zero-order chi connectivity index (χ0) is 20.2. The quantitative estimate of drug-likeness (QED) is 0.665. The summed E-state index contributed by atoms with van der Waals surface area (Å²) in [7, 11) is 1.63. The van der Waals surface area contributed by atoms with Gasteiger partial charge >= 0.3 is 0 Å². The van der Waals surface area contributed by atoms with Gasteiger partial charge in [-0.3, -0.25) is 4.79 Å². The Morgan fingerprint density at radius 2 is 2.21 bits per heavy atom. The lowest BCUT2D eigenvalue weighted by atomic mass is 9.96. The van der Waals surface area contributed by atoms with Gasteiger partial charge in [0.2, 0.25) is 0 Å². The van der Waals surface area contributed by atoms with Crippen molar-refractivity contribution in [2.75, 3.05) is 25.5 Å². The number of methoxy groups -OCH3 is 1.